The average Bonchev–Trinajstić information content (AvgIpc) is 2.42. The first-order valence-corrected chi connectivity index (χ1v) is 5.78. The Balaban J connectivity index is 2.35. The molecule has 0 saturated heterocycles. The van der Waals surface area contributed by atoms with Crippen LogP contribution in [-0.2, 0) is 14.3 Å². The molecule has 0 amide bonds. The quantitative estimate of drug-likeness (QED) is 0.627. The van der Waals surface area contributed by atoms with Gasteiger partial charge in [-0.1, -0.05) is 13.5 Å². The standard InChI is InChI=1S/C14H16O5/c1-3-13(16)18-8-10(2)9-19-14(17)11-4-6-12(15)7-5-11/h3-7,10,15H,1,8-9H2,2H3. The number of hydrogen-bond acceptors (Lipinski definition) is 5. The Hall–Kier alpha value is -2.30. The van der Waals surface area contributed by atoms with E-state index in [2.05, 4.69) is 6.58 Å². The summed E-state index contributed by atoms with van der Waals surface area (Å²) in [6.45, 7) is 5.37. The number of hydrogen-bond donors (Lipinski definition) is 1. The van der Waals surface area contributed by atoms with Crippen molar-refractivity contribution in [3.05, 3.63) is 42.5 Å². The molecular formula is C14H16O5. The lowest BCUT2D eigenvalue weighted by Crippen LogP contribution is -2.17. The summed E-state index contributed by atoms with van der Waals surface area (Å²) >= 11 is 0. The average molecular weight is 264 g/mol. The fourth-order valence-corrected chi connectivity index (χ4v) is 1.23. The summed E-state index contributed by atoms with van der Waals surface area (Å²) in [6.07, 6.45) is 1.08. The third kappa shape index (κ3) is 5.25. The molecule has 0 fully saturated rings. The van der Waals surface area contributed by atoms with Gasteiger partial charge in [0.05, 0.1) is 18.8 Å². The molecule has 0 heterocycles. The molecule has 1 atom stereocenters. The van der Waals surface area contributed by atoms with Crippen molar-refractivity contribution in [3.63, 3.8) is 0 Å². The Morgan fingerprint density at radius 3 is 2.42 bits per heavy atom. The van der Waals surface area contributed by atoms with Crippen LogP contribution in [0.25, 0.3) is 0 Å². The van der Waals surface area contributed by atoms with Crippen molar-refractivity contribution in [2.75, 3.05) is 13.2 Å². The summed E-state index contributed by atoms with van der Waals surface area (Å²) in [4.78, 5) is 22.5. The minimum Gasteiger partial charge on any atom is -0.508 e. The second kappa shape index (κ2) is 7.20. The summed E-state index contributed by atoms with van der Waals surface area (Å²) < 4.78 is 9.88. The monoisotopic (exact) mass is 264 g/mol. The van der Waals surface area contributed by atoms with Crippen LogP contribution in [0.4, 0.5) is 0 Å². The van der Waals surface area contributed by atoms with Crippen LogP contribution in [0.5, 0.6) is 5.75 Å². The van der Waals surface area contributed by atoms with Gasteiger partial charge >= 0.3 is 11.9 Å². The molecule has 1 N–H and O–H groups in total. The van der Waals surface area contributed by atoms with E-state index in [1.807, 2.05) is 0 Å². The van der Waals surface area contributed by atoms with Crippen LogP contribution < -0.4 is 0 Å². The number of benzene rings is 1. The van der Waals surface area contributed by atoms with Crippen molar-refractivity contribution in [2.24, 2.45) is 5.92 Å². The van der Waals surface area contributed by atoms with Crippen LogP contribution in [0.1, 0.15) is 17.3 Å². The maximum absolute atomic E-state index is 11.6. The highest BCUT2D eigenvalue weighted by Gasteiger charge is 2.11. The number of esters is 2. The van der Waals surface area contributed by atoms with Crippen molar-refractivity contribution >= 4 is 11.9 Å². The zero-order valence-corrected chi connectivity index (χ0v) is 10.7. The number of carbonyl (C=O) groups is 2. The number of phenols is 1. The number of carbonyl (C=O) groups excluding carboxylic acids is 2. The summed E-state index contributed by atoms with van der Waals surface area (Å²) in [5.41, 5.74) is 0.355. The molecule has 0 saturated carbocycles. The van der Waals surface area contributed by atoms with Crippen molar-refractivity contribution < 1.29 is 24.2 Å². The number of ether oxygens (including phenoxy) is 2. The predicted octanol–water partition coefficient (Wildman–Crippen LogP) is 1.91. The Kier molecular flexibility index (Phi) is 5.60. The molecule has 0 aromatic heterocycles. The molecule has 19 heavy (non-hydrogen) atoms. The summed E-state index contributed by atoms with van der Waals surface area (Å²) in [5.74, 6) is -1.01. The van der Waals surface area contributed by atoms with Crippen molar-refractivity contribution in [3.8, 4) is 5.75 Å². The molecule has 1 aromatic rings. The highest BCUT2D eigenvalue weighted by Crippen LogP contribution is 2.11. The van der Waals surface area contributed by atoms with Gasteiger partial charge in [-0.25, -0.2) is 9.59 Å². The topological polar surface area (TPSA) is 72.8 Å². The van der Waals surface area contributed by atoms with E-state index < -0.39 is 11.9 Å². The molecule has 5 nitrogen and oxygen atoms in total. The van der Waals surface area contributed by atoms with Crippen molar-refractivity contribution in [1.82, 2.24) is 0 Å². The van der Waals surface area contributed by atoms with Gasteiger partial charge in [0.1, 0.15) is 5.75 Å². The summed E-state index contributed by atoms with van der Waals surface area (Å²) in [6, 6.07) is 5.76. The lowest BCUT2D eigenvalue weighted by molar-refractivity contribution is -0.139. The van der Waals surface area contributed by atoms with Crippen LogP contribution in [0.2, 0.25) is 0 Å². The normalized spacial score (nSPS) is 11.4. The van der Waals surface area contributed by atoms with E-state index in [4.69, 9.17) is 14.6 Å². The maximum atomic E-state index is 11.6. The predicted molar refractivity (Wildman–Crippen MR) is 68.7 cm³/mol. The molecule has 102 valence electrons. The first-order chi connectivity index (χ1) is 9.02. The van der Waals surface area contributed by atoms with Crippen LogP contribution in [0.15, 0.2) is 36.9 Å². The first-order valence-electron chi connectivity index (χ1n) is 5.78. The molecule has 1 rings (SSSR count). The summed E-state index contributed by atoms with van der Waals surface area (Å²) in [7, 11) is 0. The molecule has 5 heteroatoms. The molecule has 0 bridgehead atoms. The molecular weight excluding hydrogens is 248 g/mol. The minimum absolute atomic E-state index is 0.0845. The second-order valence-corrected chi connectivity index (χ2v) is 4.08. The van der Waals surface area contributed by atoms with E-state index in [1.165, 1.54) is 24.3 Å². The largest absolute Gasteiger partial charge is 0.508 e. The molecule has 0 aliphatic rings. The maximum Gasteiger partial charge on any atom is 0.338 e. The van der Waals surface area contributed by atoms with Crippen LogP contribution >= 0.6 is 0 Å². The SMILES string of the molecule is C=CC(=O)OCC(C)COC(=O)c1ccc(O)cc1. The fraction of sp³-hybridized carbons (Fsp3) is 0.286. The molecule has 0 radical (unpaired) electrons. The molecule has 1 unspecified atom stereocenters. The highest BCUT2D eigenvalue weighted by atomic mass is 16.5. The number of aromatic hydroxyl groups is 1. The van der Waals surface area contributed by atoms with E-state index >= 15 is 0 Å². The van der Waals surface area contributed by atoms with Crippen molar-refractivity contribution in [2.45, 2.75) is 6.92 Å². The summed E-state index contributed by atoms with van der Waals surface area (Å²) in [5, 5.41) is 9.09. The van der Waals surface area contributed by atoms with Gasteiger partial charge in [-0.15, -0.1) is 0 Å². The van der Waals surface area contributed by atoms with Crippen LogP contribution in [0.3, 0.4) is 0 Å². The van der Waals surface area contributed by atoms with Gasteiger partial charge in [-0.05, 0) is 24.3 Å². The second-order valence-electron chi connectivity index (χ2n) is 4.08. The van der Waals surface area contributed by atoms with Gasteiger partial charge in [0.25, 0.3) is 0 Å². The Morgan fingerprint density at radius 2 is 1.84 bits per heavy atom. The minimum atomic E-state index is -0.503. The number of phenolic OH excluding ortho intramolecular Hbond substituents is 1. The fourth-order valence-electron chi connectivity index (χ4n) is 1.23. The third-order valence-corrected chi connectivity index (χ3v) is 2.28. The van der Waals surface area contributed by atoms with E-state index in [-0.39, 0.29) is 24.9 Å². The third-order valence-electron chi connectivity index (χ3n) is 2.28. The first kappa shape index (κ1) is 14.8. The molecule has 1 aromatic carbocycles. The lowest BCUT2D eigenvalue weighted by Gasteiger charge is -2.11. The van der Waals surface area contributed by atoms with Gasteiger partial charge in [0.15, 0.2) is 0 Å². The van der Waals surface area contributed by atoms with Gasteiger partial charge in [-0.2, -0.15) is 0 Å². The van der Waals surface area contributed by atoms with Crippen LogP contribution in [0, 0.1) is 5.92 Å². The zero-order valence-electron chi connectivity index (χ0n) is 10.7. The Morgan fingerprint density at radius 1 is 1.26 bits per heavy atom. The van der Waals surface area contributed by atoms with Crippen molar-refractivity contribution in [1.29, 1.82) is 0 Å². The molecule has 0 aliphatic carbocycles. The van der Waals surface area contributed by atoms with E-state index in [1.54, 1.807) is 6.92 Å². The lowest BCUT2D eigenvalue weighted by atomic mass is 10.2. The van der Waals surface area contributed by atoms with Gasteiger partial charge < -0.3 is 14.6 Å². The Labute approximate surface area is 111 Å². The molecule has 0 aliphatic heterocycles. The molecule has 0 spiro atoms. The van der Waals surface area contributed by atoms with Crippen LogP contribution in [-0.4, -0.2) is 30.3 Å². The highest BCUT2D eigenvalue weighted by molar-refractivity contribution is 5.89. The van der Waals surface area contributed by atoms with Gasteiger partial charge in [-0.3, -0.25) is 0 Å². The van der Waals surface area contributed by atoms with E-state index in [0.29, 0.717) is 5.56 Å². The van der Waals surface area contributed by atoms with Gasteiger partial charge in [0, 0.05) is 12.0 Å². The Bertz CT molecular complexity index is 449. The van der Waals surface area contributed by atoms with Gasteiger partial charge in [0.2, 0.25) is 0 Å². The number of rotatable bonds is 6. The van der Waals surface area contributed by atoms with E-state index in [0.717, 1.165) is 6.08 Å². The smallest absolute Gasteiger partial charge is 0.338 e. The zero-order chi connectivity index (χ0) is 14.3. The van der Waals surface area contributed by atoms with E-state index in [9.17, 15) is 9.59 Å².